The van der Waals surface area contributed by atoms with E-state index in [1.165, 1.54) is 6.07 Å². The molecule has 0 radical (unpaired) electrons. The molecular formula is C29H24ClN3O3. The van der Waals surface area contributed by atoms with Gasteiger partial charge in [0, 0.05) is 22.9 Å². The number of nitrogens with one attached hydrogen (secondary N) is 2. The quantitative estimate of drug-likeness (QED) is 0.294. The van der Waals surface area contributed by atoms with Crippen LogP contribution in [-0.4, -0.2) is 22.6 Å². The lowest BCUT2D eigenvalue weighted by Gasteiger charge is -2.15. The molecule has 7 heteroatoms. The Labute approximate surface area is 214 Å². The normalized spacial score (nSPS) is 11.4. The van der Waals surface area contributed by atoms with Crippen LogP contribution in [0.25, 0.3) is 0 Å². The summed E-state index contributed by atoms with van der Waals surface area (Å²) in [5.41, 5.74) is 3.36. The second-order valence-corrected chi connectivity index (χ2v) is 8.81. The molecule has 4 rings (SSSR count). The number of amides is 2. The first-order valence-corrected chi connectivity index (χ1v) is 11.7. The number of hydrogen-bond acceptors (Lipinski definition) is 4. The molecule has 0 spiro atoms. The molecule has 0 aliphatic carbocycles. The van der Waals surface area contributed by atoms with Crippen LogP contribution in [0.2, 0.25) is 5.02 Å². The number of nitrogens with zero attached hydrogens (tertiary/aromatic N) is 1. The molecule has 0 unspecified atom stereocenters. The standard InChI is InChI=1S/C29H24ClN3O3/c1-18-13-14-31-26(15-18)33-29(36)23-11-12-24(30)25(17-23)32-28(35)19(2)21-9-6-10-22(16-21)27(34)20-7-4-3-5-8-20/h3-17,19H,1-2H3,(H,32,35)(H,31,33,36)/t19-/m1/s1. The number of carbonyl (C=O) groups excluding carboxylic acids is 3. The largest absolute Gasteiger partial charge is 0.324 e. The number of rotatable bonds is 7. The third kappa shape index (κ3) is 5.85. The SMILES string of the molecule is Cc1ccnc(NC(=O)c2ccc(Cl)c(NC(=O)[C@H](C)c3cccc(C(=O)c4ccccc4)c3)c2)c1. The van der Waals surface area contributed by atoms with Gasteiger partial charge in [-0.3, -0.25) is 14.4 Å². The van der Waals surface area contributed by atoms with Gasteiger partial charge in [0.1, 0.15) is 5.82 Å². The van der Waals surface area contributed by atoms with E-state index in [0.29, 0.717) is 38.8 Å². The number of pyridine rings is 1. The third-order valence-corrected chi connectivity index (χ3v) is 6.05. The lowest BCUT2D eigenvalue weighted by Crippen LogP contribution is -2.20. The van der Waals surface area contributed by atoms with Crippen LogP contribution in [-0.2, 0) is 4.79 Å². The van der Waals surface area contributed by atoms with Crippen LogP contribution in [0.15, 0.2) is 91.1 Å². The van der Waals surface area contributed by atoms with Gasteiger partial charge in [0.2, 0.25) is 5.91 Å². The number of ketones is 1. The average molecular weight is 498 g/mol. The minimum atomic E-state index is -0.571. The van der Waals surface area contributed by atoms with Crippen molar-refractivity contribution >= 4 is 40.7 Å². The Hall–Kier alpha value is -4.29. The Bertz CT molecular complexity index is 1440. The number of benzene rings is 3. The van der Waals surface area contributed by atoms with Crippen molar-refractivity contribution in [2.45, 2.75) is 19.8 Å². The van der Waals surface area contributed by atoms with Crippen LogP contribution < -0.4 is 10.6 Å². The Morgan fingerprint density at radius 3 is 2.31 bits per heavy atom. The lowest BCUT2D eigenvalue weighted by molar-refractivity contribution is -0.117. The van der Waals surface area contributed by atoms with E-state index in [-0.39, 0.29) is 17.6 Å². The fourth-order valence-corrected chi connectivity index (χ4v) is 3.82. The number of hydrogen-bond donors (Lipinski definition) is 2. The Morgan fingerprint density at radius 2 is 1.56 bits per heavy atom. The van der Waals surface area contributed by atoms with Gasteiger partial charge < -0.3 is 10.6 Å². The van der Waals surface area contributed by atoms with Gasteiger partial charge in [-0.1, -0.05) is 60.1 Å². The molecule has 0 aliphatic heterocycles. The van der Waals surface area contributed by atoms with E-state index in [9.17, 15) is 14.4 Å². The third-order valence-electron chi connectivity index (χ3n) is 5.72. The minimum Gasteiger partial charge on any atom is -0.324 e. The van der Waals surface area contributed by atoms with Gasteiger partial charge in [0.05, 0.1) is 16.6 Å². The predicted molar refractivity (Wildman–Crippen MR) is 142 cm³/mol. The Balaban J connectivity index is 1.49. The van der Waals surface area contributed by atoms with Gasteiger partial charge in [0.25, 0.3) is 5.91 Å². The van der Waals surface area contributed by atoms with Crippen molar-refractivity contribution in [3.63, 3.8) is 0 Å². The highest BCUT2D eigenvalue weighted by atomic mass is 35.5. The van der Waals surface area contributed by atoms with E-state index in [1.807, 2.05) is 31.2 Å². The molecule has 0 fully saturated rings. The maximum Gasteiger partial charge on any atom is 0.256 e. The molecule has 180 valence electrons. The van der Waals surface area contributed by atoms with Crippen LogP contribution in [0, 0.1) is 6.92 Å². The molecule has 2 amide bonds. The van der Waals surface area contributed by atoms with Crippen molar-refractivity contribution in [3.8, 4) is 0 Å². The summed E-state index contributed by atoms with van der Waals surface area (Å²) in [6.45, 7) is 3.65. The van der Waals surface area contributed by atoms with E-state index < -0.39 is 5.92 Å². The lowest BCUT2D eigenvalue weighted by atomic mass is 9.95. The molecule has 0 saturated heterocycles. The molecule has 0 bridgehead atoms. The van der Waals surface area contributed by atoms with Crippen molar-refractivity contribution in [3.05, 3.63) is 124 Å². The van der Waals surface area contributed by atoms with Gasteiger partial charge in [0.15, 0.2) is 5.78 Å². The molecule has 3 aromatic carbocycles. The zero-order chi connectivity index (χ0) is 25.7. The van der Waals surface area contributed by atoms with Crippen LogP contribution in [0.5, 0.6) is 0 Å². The maximum absolute atomic E-state index is 13.1. The van der Waals surface area contributed by atoms with E-state index in [0.717, 1.165) is 5.56 Å². The average Bonchev–Trinajstić information content (AvgIpc) is 2.89. The first-order valence-electron chi connectivity index (χ1n) is 11.4. The van der Waals surface area contributed by atoms with Crippen molar-refractivity contribution in [2.75, 3.05) is 10.6 Å². The molecule has 1 atom stereocenters. The summed E-state index contributed by atoms with van der Waals surface area (Å²) in [6, 6.07) is 24.2. The minimum absolute atomic E-state index is 0.116. The van der Waals surface area contributed by atoms with Crippen LogP contribution in [0.1, 0.15) is 50.2 Å². The van der Waals surface area contributed by atoms with Crippen molar-refractivity contribution < 1.29 is 14.4 Å². The van der Waals surface area contributed by atoms with Gasteiger partial charge in [-0.25, -0.2) is 4.98 Å². The van der Waals surface area contributed by atoms with Crippen molar-refractivity contribution in [1.82, 2.24) is 4.98 Å². The number of anilines is 2. The summed E-state index contributed by atoms with van der Waals surface area (Å²) in [5.74, 6) is -0.952. The van der Waals surface area contributed by atoms with Gasteiger partial charge >= 0.3 is 0 Å². The second-order valence-electron chi connectivity index (χ2n) is 8.40. The summed E-state index contributed by atoms with van der Waals surface area (Å²) < 4.78 is 0. The zero-order valence-corrected chi connectivity index (χ0v) is 20.5. The molecule has 4 aromatic rings. The fraction of sp³-hybridized carbons (Fsp3) is 0.103. The number of carbonyl (C=O) groups is 3. The van der Waals surface area contributed by atoms with Crippen LogP contribution >= 0.6 is 11.6 Å². The Morgan fingerprint density at radius 1 is 0.806 bits per heavy atom. The van der Waals surface area contributed by atoms with Gasteiger partial charge in [-0.15, -0.1) is 0 Å². The topological polar surface area (TPSA) is 88.2 Å². The highest BCUT2D eigenvalue weighted by Crippen LogP contribution is 2.26. The zero-order valence-electron chi connectivity index (χ0n) is 19.8. The molecule has 2 N–H and O–H groups in total. The number of halogens is 1. The first kappa shape index (κ1) is 24.8. The monoisotopic (exact) mass is 497 g/mol. The summed E-state index contributed by atoms with van der Waals surface area (Å²) in [6.07, 6.45) is 1.61. The Kier molecular flexibility index (Phi) is 7.56. The smallest absolute Gasteiger partial charge is 0.256 e. The maximum atomic E-state index is 13.1. The molecule has 0 saturated carbocycles. The summed E-state index contributed by atoms with van der Waals surface area (Å²) in [7, 11) is 0. The van der Waals surface area contributed by atoms with E-state index in [2.05, 4.69) is 15.6 Å². The summed E-state index contributed by atoms with van der Waals surface area (Å²) in [5, 5.41) is 5.85. The highest BCUT2D eigenvalue weighted by molar-refractivity contribution is 6.34. The van der Waals surface area contributed by atoms with E-state index in [1.54, 1.807) is 67.7 Å². The first-order chi connectivity index (χ1) is 17.3. The van der Waals surface area contributed by atoms with Crippen LogP contribution in [0.3, 0.4) is 0 Å². The predicted octanol–water partition coefficient (Wildman–Crippen LogP) is 6.27. The summed E-state index contributed by atoms with van der Waals surface area (Å²) in [4.78, 5) is 42.7. The molecule has 0 aliphatic rings. The number of aryl methyl sites for hydroxylation is 1. The second kappa shape index (κ2) is 11.0. The van der Waals surface area contributed by atoms with Gasteiger partial charge in [-0.05, 0) is 61.4 Å². The molecule has 1 heterocycles. The molecule has 36 heavy (non-hydrogen) atoms. The fourth-order valence-electron chi connectivity index (χ4n) is 3.65. The van der Waals surface area contributed by atoms with Crippen molar-refractivity contribution in [2.24, 2.45) is 0 Å². The van der Waals surface area contributed by atoms with E-state index >= 15 is 0 Å². The van der Waals surface area contributed by atoms with Crippen molar-refractivity contribution in [1.29, 1.82) is 0 Å². The summed E-state index contributed by atoms with van der Waals surface area (Å²) >= 11 is 6.31. The highest BCUT2D eigenvalue weighted by Gasteiger charge is 2.19. The number of aromatic nitrogens is 1. The molecule has 6 nitrogen and oxygen atoms in total. The molecular weight excluding hydrogens is 474 g/mol. The van der Waals surface area contributed by atoms with Crippen LogP contribution in [0.4, 0.5) is 11.5 Å². The van der Waals surface area contributed by atoms with Gasteiger partial charge in [-0.2, -0.15) is 0 Å². The van der Waals surface area contributed by atoms with E-state index in [4.69, 9.17) is 11.6 Å². The molecule has 1 aromatic heterocycles.